The lowest BCUT2D eigenvalue weighted by Crippen LogP contribution is -2.30. The molecule has 348 valence electrons. The van der Waals surface area contributed by atoms with Crippen molar-refractivity contribution in [2.75, 3.05) is 72.5 Å². The van der Waals surface area contributed by atoms with Crippen molar-refractivity contribution in [1.82, 2.24) is 4.90 Å². The van der Waals surface area contributed by atoms with E-state index in [-0.39, 0.29) is 12.7 Å². The van der Waals surface area contributed by atoms with Crippen LogP contribution in [-0.2, 0) is 28.4 Å². The predicted octanol–water partition coefficient (Wildman–Crippen LogP) is 12.3. The summed E-state index contributed by atoms with van der Waals surface area (Å²) in [5, 5.41) is 19.4. The van der Waals surface area contributed by atoms with Crippen LogP contribution in [0.5, 0.6) is 0 Å². The molecule has 0 amide bonds. The Balaban J connectivity index is 4.26. The molecule has 0 aromatic rings. The number of carbonyl (C=O) groups excluding carboxylic acids is 1. The first-order chi connectivity index (χ1) is 28.6. The molecule has 0 rings (SSSR count). The van der Waals surface area contributed by atoms with Crippen molar-refractivity contribution in [2.45, 2.75) is 232 Å². The molecular formula is C48H97NO9. The van der Waals surface area contributed by atoms with Gasteiger partial charge in [0.05, 0.1) is 59.0 Å². The molecule has 58 heavy (non-hydrogen) atoms. The summed E-state index contributed by atoms with van der Waals surface area (Å²) in [5.41, 5.74) is 0. The van der Waals surface area contributed by atoms with E-state index in [0.29, 0.717) is 46.2 Å². The van der Waals surface area contributed by atoms with Crippen LogP contribution in [0.3, 0.4) is 0 Å². The highest BCUT2D eigenvalue weighted by Gasteiger charge is 2.15. The maximum Gasteiger partial charge on any atom is 0.508 e. The van der Waals surface area contributed by atoms with E-state index in [9.17, 15) is 9.90 Å². The Morgan fingerprint density at radius 2 is 0.845 bits per heavy atom. The highest BCUT2D eigenvalue weighted by Crippen LogP contribution is 2.19. The second-order valence-corrected chi connectivity index (χ2v) is 16.4. The lowest BCUT2D eigenvalue weighted by atomic mass is 10.0. The van der Waals surface area contributed by atoms with Gasteiger partial charge in [-0.2, -0.15) is 0 Å². The number of nitrogens with zero attached hydrogens (tertiary/aromatic N) is 1. The number of hydrogen-bond donors (Lipinski definition) is 2. The van der Waals surface area contributed by atoms with E-state index in [0.717, 1.165) is 110 Å². The van der Waals surface area contributed by atoms with E-state index < -0.39 is 12.6 Å². The Labute approximate surface area is 358 Å². The average Bonchev–Trinajstić information content (AvgIpc) is 3.22. The summed E-state index contributed by atoms with van der Waals surface area (Å²) in [5.74, 6) is 0. The number of aliphatic hydroxyl groups is 2. The highest BCUT2D eigenvalue weighted by molar-refractivity contribution is 5.59. The first kappa shape index (κ1) is 57.0. The predicted molar refractivity (Wildman–Crippen MR) is 239 cm³/mol. The van der Waals surface area contributed by atoms with Gasteiger partial charge >= 0.3 is 6.16 Å². The maximum atomic E-state index is 12.0. The van der Waals surface area contributed by atoms with Gasteiger partial charge in [-0.05, 0) is 64.5 Å². The van der Waals surface area contributed by atoms with Crippen LogP contribution in [0.1, 0.15) is 220 Å². The van der Waals surface area contributed by atoms with Gasteiger partial charge in [-0.1, -0.05) is 168 Å². The first-order valence-corrected chi connectivity index (χ1v) is 24.8. The fourth-order valence-corrected chi connectivity index (χ4v) is 7.24. The minimum absolute atomic E-state index is 0.0296. The number of rotatable bonds is 49. The monoisotopic (exact) mass is 832 g/mol. The molecule has 0 spiro atoms. The molecule has 1 atom stereocenters. The van der Waals surface area contributed by atoms with Gasteiger partial charge in [0.25, 0.3) is 6.48 Å². The van der Waals surface area contributed by atoms with E-state index >= 15 is 0 Å². The van der Waals surface area contributed by atoms with Gasteiger partial charge in [0.2, 0.25) is 0 Å². The Hall–Kier alpha value is -1.01. The van der Waals surface area contributed by atoms with E-state index in [2.05, 4.69) is 25.7 Å². The second-order valence-electron chi connectivity index (χ2n) is 16.4. The first-order valence-electron chi connectivity index (χ1n) is 24.8. The molecule has 0 aliphatic heterocycles. The third-order valence-corrected chi connectivity index (χ3v) is 10.9. The van der Waals surface area contributed by atoms with Crippen LogP contribution in [0.25, 0.3) is 0 Å². The lowest BCUT2D eigenvalue weighted by Gasteiger charge is -2.22. The molecule has 10 heteroatoms. The summed E-state index contributed by atoms with van der Waals surface area (Å²) in [6, 6.07) is 0. The molecule has 0 aliphatic carbocycles. The van der Waals surface area contributed by atoms with Gasteiger partial charge in [0.15, 0.2) is 0 Å². The third-order valence-electron chi connectivity index (χ3n) is 10.9. The highest BCUT2D eigenvalue weighted by atomic mass is 16.8. The quantitative estimate of drug-likeness (QED) is 0.0349. The lowest BCUT2D eigenvalue weighted by molar-refractivity contribution is -0.283. The number of hydrogen-bond acceptors (Lipinski definition) is 10. The van der Waals surface area contributed by atoms with Crippen molar-refractivity contribution < 1.29 is 43.4 Å². The molecule has 10 nitrogen and oxygen atoms in total. The van der Waals surface area contributed by atoms with Crippen molar-refractivity contribution in [3.05, 3.63) is 0 Å². The average molecular weight is 832 g/mol. The van der Waals surface area contributed by atoms with Crippen molar-refractivity contribution in [3.8, 4) is 0 Å². The van der Waals surface area contributed by atoms with E-state index in [1.54, 1.807) is 0 Å². The van der Waals surface area contributed by atoms with Crippen LogP contribution in [0.15, 0.2) is 0 Å². The van der Waals surface area contributed by atoms with E-state index in [1.807, 2.05) is 0 Å². The van der Waals surface area contributed by atoms with Crippen LogP contribution in [0.2, 0.25) is 0 Å². The molecule has 0 saturated heterocycles. The summed E-state index contributed by atoms with van der Waals surface area (Å²) >= 11 is 0. The zero-order chi connectivity index (χ0) is 42.3. The fourth-order valence-electron chi connectivity index (χ4n) is 7.24. The normalized spacial score (nSPS) is 12.3. The zero-order valence-corrected chi connectivity index (χ0v) is 38.6. The third kappa shape index (κ3) is 44.5. The summed E-state index contributed by atoms with van der Waals surface area (Å²) in [7, 11) is 0. The molecule has 0 radical (unpaired) electrons. The molecule has 1 unspecified atom stereocenters. The molecule has 0 fully saturated rings. The van der Waals surface area contributed by atoms with Crippen molar-refractivity contribution in [1.29, 1.82) is 0 Å². The molecule has 0 bridgehead atoms. The van der Waals surface area contributed by atoms with Crippen LogP contribution in [0, 0.1) is 0 Å². The smallest absolute Gasteiger partial charge is 0.434 e. The molecule has 0 aliphatic rings. The molecule has 0 aromatic carbocycles. The fraction of sp³-hybridized carbons (Fsp3) is 0.979. The Morgan fingerprint density at radius 1 is 0.448 bits per heavy atom. The number of unbranched alkanes of at least 4 members (excludes halogenated alkanes) is 24. The van der Waals surface area contributed by atoms with Crippen molar-refractivity contribution in [3.63, 3.8) is 0 Å². The summed E-state index contributed by atoms with van der Waals surface area (Å²) in [6.07, 6.45) is 36.2. The number of ether oxygens (including phenoxy) is 6. The van der Waals surface area contributed by atoms with Crippen molar-refractivity contribution in [2.24, 2.45) is 0 Å². The SMILES string of the molecule is CCCCCCCCCCCOC(=O)OCCCCCN(CCCCCCCOC(O)OC(CCCCCCCC)CCCCCCCC)CCOCCOCCO. The van der Waals surface area contributed by atoms with Gasteiger partial charge in [-0.25, -0.2) is 4.79 Å². The van der Waals surface area contributed by atoms with Crippen LogP contribution < -0.4 is 0 Å². The summed E-state index contributed by atoms with van der Waals surface area (Å²) in [4.78, 5) is 14.4. The Bertz CT molecular complexity index is 776. The number of aliphatic hydroxyl groups excluding tert-OH is 2. The minimum Gasteiger partial charge on any atom is -0.434 e. The Morgan fingerprint density at radius 3 is 1.33 bits per heavy atom. The van der Waals surface area contributed by atoms with Gasteiger partial charge in [-0.15, -0.1) is 0 Å². The molecule has 0 aromatic heterocycles. The zero-order valence-electron chi connectivity index (χ0n) is 38.6. The second kappa shape index (κ2) is 48.7. The van der Waals surface area contributed by atoms with Gasteiger partial charge in [0, 0.05) is 6.54 Å². The molecule has 0 heterocycles. The largest absolute Gasteiger partial charge is 0.508 e. The van der Waals surface area contributed by atoms with E-state index in [4.69, 9.17) is 33.5 Å². The number of carbonyl (C=O) groups is 1. The topological polar surface area (TPSA) is 116 Å². The minimum atomic E-state index is -1.13. The van der Waals surface area contributed by atoms with Gasteiger partial charge < -0.3 is 43.5 Å². The van der Waals surface area contributed by atoms with Crippen LogP contribution >= 0.6 is 0 Å². The van der Waals surface area contributed by atoms with Gasteiger partial charge in [-0.3, -0.25) is 0 Å². The summed E-state index contributed by atoms with van der Waals surface area (Å²) in [6.45, 7) is 11.9. The van der Waals surface area contributed by atoms with E-state index in [1.165, 1.54) is 109 Å². The molecule has 2 N–H and O–H groups in total. The molecule has 0 saturated carbocycles. The van der Waals surface area contributed by atoms with Crippen LogP contribution in [0.4, 0.5) is 4.79 Å². The van der Waals surface area contributed by atoms with Crippen molar-refractivity contribution >= 4 is 6.16 Å². The Kier molecular flexibility index (Phi) is 47.8. The maximum absolute atomic E-state index is 12.0. The standard InChI is InChI=1S/C48H97NO9/c1-4-7-10-13-16-17-18-23-30-39-55-47(51)56-40-32-25-29-36-49(37-42-53-44-45-54-43-38-50)35-28-22-19-24-31-41-57-48(52)58-46(33-26-20-14-11-8-5-2)34-27-21-15-12-9-6-3/h46,48,50,52H,4-45H2,1-3H3. The summed E-state index contributed by atoms with van der Waals surface area (Å²) < 4.78 is 33.4. The molecular weight excluding hydrogens is 735 g/mol. The van der Waals surface area contributed by atoms with Gasteiger partial charge in [0.1, 0.15) is 0 Å². The van der Waals surface area contributed by atoms with Crippen LogP contribution in [-0.4, -0.2) is 106 Å².